The number of ether oxygens (including phenoxy) is 10. The van der Waals surface area contributed by atoms with Gasteiger partial charge in [-0.2, -0.15) is 0 Å². The predicted molar refractivity (Wildman–Crippen MR) is 372 cm³/mol. The minimum atomic E-state index is -0.316. The van der Waals surface area contributed by atoms with Crippen LogP contribution in [0.3, 0.4) is 0 Å². The van der Waals surface area contributed by atoms with E-state index in [1.165, 1.54) is 154 Å². The molecule has 92 heavy (non-hydrogen) atoms. The van der Waals surface area contributed by atoms with Gasteiger partial charge in [-0.25, -0.2) is 0 Å². The highest BCUT2D eigenvalue weighted by Gasteiger charge is 2.17. The molecule has 0 aromatic carbocycles. The summed E-state index contributed by atoms with van der Waals surface area (Å²) in [5.74, 6) is 0.483. The first kappa shape index (κ1) is 95.5. The zero-order valence-corrected chi connectivity index (χ0v) is 60.3. The number of hydrogen-bond acceptors (Lipinski definition) is 17. The van der Waals surface area contributed by atoms with Crippen molar-refractivity contribution >= 4 is 23.9 Å². The highest BCUT2D eigenvalue weighted by atomic mass is 16.7. The average molecular weight is 1320 g/mol. The number of esters is 4. The Morgan fingerprint density at radius 3 is 0.946 bits per heavy atom. The molecule has 3 atom stereocenters. The minimum Gasteiger partial charge on any atom is -0.466 e. The van der Waals surface area contributed by atoms with Crippen molar-refractivity contribution in [2.24, 2.45) is 17.8 Å². The molecule has 0 fully saturated rings. The molecule has 0 aromatic heterocycles. The molecule has 20 heteroatoms. The van der Waals surface area contributed by atoms with Gasteiger partial charge in [0.25, 0.3) is 0 Å². The molecular formula is C72H145N3O17. The van der Waals surface area contributed by atoms with E-state index in [-0.39, 0.29) is 126 Å². The van der Waals surface area contributed by atoms with Gasteiger partial charge in [0.2, 0.25) is 0 Å². The van der Waals surface area contributed by atoms with Crippen LogP contribution >= 0.6 is 0 Å². The number of unbranched alkanes of at least 4 members (excludes halogenated alkanes) is 14. The van der Waals surface area contributed by atoms with Gasteiger partial charge in [0.1, 0.15) is 40.2 Å². The Morgan fingerprint density at radius 1 is 0.315 bits per heavy atom. The Bertz CT molecular complexity index is 1530. The Kier molecular flexibility index (Phi) is 78.4. The first-order valence-electron chi connectivity index (χ1n) is 36.4. The fourth-order valence-electron chi connectivity index (χ4n) is 10.7. The van der Waals surface area contributed by atoms with Crippen molar-refractivity contribution in [2.45, 2.75) is 267 Å². The van der Waals surface area contributed by atoms with Crippen LogP contribution in [-0.2, 0) is 66.5 Å². The zero-order valence-electron chi connectivity index (χ0n) is 60.3. The molecule has 550 valence electrons. The lowest BCUT2D eigenvalue weighted by atomic mass is 9.96. The van der Waals surface area contributed by atoms with Gasteiger partial charge in [-0.1, -0.05) is 176 Å². The molecule has 0 aliphatic heterocycles. The molecular weight excluding hydrogens is 1180 g/mol. The van der Waals surface area contributed by atoms with Gasteiger partial charge in [-0.3, -0.25) is 19.2 Å². The van der Waals surface area contributed by atoms with Crippen LogP contribution in [0.4, 0.5) is 0 Å². The molecule has 0 spiro atoms. The molecule has 0 aliphatic rings. The van der Waals surface area contributed by atoms with Crippen LogP contribution in [0.2, 0.25) is 0 Å². The number of nitrogens with zero attached hydrogens (tertiary/aromatic N) is 3. The van der Waals surface area contributed by atoms with E-state index >= 15 is 0 Å². The summed E-state index contributed by atoms with van der Waals surface area (Å²) >= 11 is 0. The SMILES string of the molecule is CC/C=C\CCCCOC(=O)CCN(CCCN(C)CCCN(CCC(=O)OCCOCOCC(CCCC)CCCCCC)CCC(=O)OCCOCOCC(CCCC)CCCCCC)CCC(=O)OCCOCOCC(CCCC)CCCCCC.O.O.O. The molecule has 0 aliphatic carbocycles. The Hall–Kier alpha value is -2.86. The van der Waals surface area contributed by atoms with Gasteiger partial charge in [0.05, 0.1) is 71.9 Å². The summed E-state index contributed by atoms with van der Waals surface area (Å²) in [6.07, 6.45) is 39.9. The van der Waals surface area contributed by atoms with Crippen molar-refractivity contribution in [1.82, 2.24) is 14.7 Å². The van der Waals surface area contributed by atoms with E-state index < -0.39 is 0 Å². The van der Waals surface area contributed by atoms with E-state index in [1.54, 1.807) is 0 Å². The summed E-state index contributed by atoms with van der Waals surface area (Å²) in [4.78, 5) is 58.2. The molecule has 20 nitrogen and oxygen atoms in total. The third-order valence-electron chi connectivity index (χ3n) is 16.3. The second kappa shape index (κ2) is 75.5. The van der Waals surface area contributed by atoms with Gasteiger partial charge < -0.3 is 78.5 Å². The van der Waals surface area contributed by atoms with Gasteiger partial charge in [0.15, 0.2) is 0 Å². The molecule has 0 aromatic rings. The van der Waals surface area contributed by atoms with E-state index in [1.807, 2.05) is 0 Å². The van der Waals surface area contributed by atoms with Gasteiger partial charge in [-0.15, -0.1) is 0 Å². The second-order valence-electron chi connectivity index (χ2n) is 24.7. The summed E-state index contributed by atoms with van der Waals surface area (Å²) in [7, 11) is 2.09. The van der Waals surface area contributed by atoms with Crippen molar-refractivity contribution in [3.63, 3.8) is 0 Å². The summed E-state index contributed by atoms with van der Waals surface area (Å²) in [6.45, 7) is 24.6. The largest absolute Gasteiger partial charge is 0.466 e. The zero-order chi connectivity index (χ0) is 65.1. The van der Waals surface area contributed by atoms with Crippen LogP contribution in [-0.4, -0.2) is 201 Å². The first-order chi connectivity index (χ1) is 43.5. The quantitative estimate of drug-likeness (QED) is 0.0180. The van der Waals surface area contributed by atoms with Crippen LogP contribution in [0.1, 0.15) is 267 Å². The van der Waals surface area contributed by atoms with Crippen LogP contribution < -0.4 is 0 Å². The topological polar surface area (TPSA) is 265 Å². The Balaban J connectivity index is -0.0000129. The van der Waals surface area contributed by atoms with E-state index in [0.717, 1.165) is 51.6 Å². The number of rotatable bonds is 71. The number of carbonyl (C=O) groups excluding carboxylic acids is 4. The molecule has 3 unspecified atom stereocenters. The standard InChI is InChI=1S/C72H139N3O14.3H2O/c1-9-16-23-27-28-32-53-86-69(76)41-49-74(50-42-70(77)87-57-54-80-63-83-60-66(35-20-13-5)38-29-24-17-10-2)47-33-45-73(8)46-34-48-75(51-43-71(78)88-58-55-81-64-84-61-67(36-21-14-6)39-30-25-18-11-3)52-44-72(79)89-59-56-82-65-85-62-68(37-22-15-7)40-31-26-19-12-4;;;/h16,23,66-68H,9-15,17-22,24-65H2,1-8H3;3*1H2/b23-16-;;;. The molecule has 0 saturated heterocycles. The van der Waals surface area contributed by atoms with Crippen LogP contribution in [0.15, 0.2) is 12.2 Å². The van der Waals surface area contributed by atoms with Crippen LogP contribution in [0.25, 0.3) is 0 Å². The lowest BCUT2D eigenvalue weighted by Gasteiger charge is -2.25. The Morgan fingerprint density at radius 2 is 0.630 bits per heavy atom. The minimum absolute atomic E-state index is 0. The number of allylic oxidation sites excluding steroid dienone is 2. The van der Waals surface area contributed by atoms with E-state index in [4.69, 9.17) is 47.4 Å². The first-order valence-corrected chi connectivity index (χ1v) is 36.4. The third kappa shape index (κ3) is 67.1. The normalized spacial score (nSPS) is 12.4. The average Bonchev–Trinajstić information content (AvgIpc) is 3.75. The van der Waals surface area contributed by atoms with E-state index in [0.29, 0.717) is 83.4 Å². The van der Waals surface area contributed by atoms with Crippen LogP contribution in [0.5, 0.6) is 0 Å². The lowest BCUT2D eigenvalue weighted by Crippen LogP contribution is -2.34. The van der Waals surface area contributed by atoms with E-state index in [2.05, 4.69) is 82.4 Å². The van der Waals surface area contributed by atoms with Crippen molar-refractivity contribution < 1.29 is 83.0 Å². The lowest BCUT2D eigenvalue weighted by molar-refractivity contribution is -0.149. The smallest absolute Gasteiger partial charge is 0.307 e. The second-order valence-corrected chi connectivity index (χ2v) is 24.7. The monoisotopic (exact) mass is 1320 g/mol. The van der Waals surface area contributed by atoms with Crippen LogP contribution in [0, 0.1) is 17.8 Å². The molecule has 0 amide bonds. The molecule has 6 N–H and O–H groups in total. The van der Waals surface area contributed by atoms with Gasteiger partial charge in [0, 0.05) is 26.2 Å². The summed E-state index contributed by atoms with van der Waals surface area (Å²) < 4.78 is 56.9. The fourth-order valence-corrected chi connectivity index (χ4v) is 10.7. The predicted octanol–water partition coefficient (Wildman–Crippen LogP) is 13.0. The van der Waals surface area contributed by atoms with Crippen molar-refractivity contribution in [2.75, 3.05) is 146 Å². The van der Waals surface area contributed by atoms with Crippen molar-refractivity contribution in [1.29, 1.82) is 0 Å². The number of carbonyl (C=O) groups is 4. The molecule has 0 saturated carbocycles. The maximum Gasteiger partial charge on any atom is 0.307 e. The third-order valence-corrected chi connectivity index (χ3v) is 16.3. The summed E-state index contributed by atoms with van der Waals surface area (Å²) in [6, 6.07) is 0. The van der Waals surface area contributed by atoms with E-state index in [9.17, 15) is 19.2 Å². The van der Waals surface area contributed by atoms with Gasteiger partial charge in [-0.05, 0) is 128 Å². The molecule has 0 heterocycles. The molecule has 0 rings (SSSR count). The number of hydrogen-bond donors (Lipinski definition) is 0. The summed E-state index contributed by atoms with van der Waals surface area (Å²) in [5, 5.41) is 0. The highest BCUT2D eigenvalue weighted by molar-refractivity contribution is 5.71. The molecule has 0 radical (unpaired) electrons. The maximum atomic E-state index is 13.0. The van der Waals surface area contributed by atoms with Crippen molar-refractivity contribution in [3.05, 3.63) is 12.2 Å². The fraction of sp³-hybridized carbons (Fsp3) is 0.917. The molecule has 0 bridgehead atoms. The van der Waals surface area contributed by atoms with Gasteiger partial charge >= 0.3 is 23.9 Å². The van der Waals surface area contributed by atoms with Crippen molar-refractivity contribution in [3.8, 4) is 0 Å². The highest BCUT2D eigenvalue weighted by Crippen LogP contribution is 2.21. The summed E-state index contributed by atoms with van der Waals surface area (Å²) in [5.41, 5.74) is 0. The Labute approximate surface area is 561 Å². The maximum absolute atomic E-state index is 13.0.